The summed E-state index contributed by atoms with van der Waals surface area (Å²) in [6, 6.07) is 6.63. The van der Waals surface area contributed by atoms with Crippen LogP contribution in [-0.2, 0) is 19.9 Å². The molecule has 0 spiro atoms. The minimum Gasteiger partial charge on any atom is -0.384 e. The molecule has 2 heterocycles. The van der Waals surface area contributed by atoms with Gasteiger partial charge in [-0.15, -0.1) is 0 Å². The van der Waals surface area contributed by atoms with E-state index in [4.69, 9.17) is 16.3 Å². The lowest BCUT2D eigenvalue weighted by Crippen LogP contribution is -2.61. The number of hydrogen-bond donors (Lipinski definition) is 2. The zero-order valence-electron chi connectivity index (χ0n) is 18.3. The van der Waals surface area contributed by atoms with Crippen molar-refractivity contribution in [3.8, 4) is 0 Å². The molecule has 2 saturated heterocycles. The molecule has 1 aromatic carbocycles. The Morgan fingerprint density at radius 2 is 1.93 bits per heavy atom. The molecule has 0 bridgehead atoms. The van der Waals surface area contributed by atoms with Crippen LogP contribution in [0.25, 0.3) is 0 Å². The molecule has 7 heteroatoms. The Balaban J connectivity index is 1.73. The van der Waals surface area contributed by atoms with Crippen molar-refractivity contribution >= 4 is 23.4 Å². The molecule has 166 valence electrons. The normalized spacial score (nSPS) is 27.2. The van der Waals surface area contributed by atoms with Crippen LogP contribution < -0.4 is 5.32 Å². The first-order chi connectivity index (χ1) is 14.0. The Bertz CT molecular complexity index is 774. The molecule has 2 N–H and O–H groups in total. The van der Waals surface area contributed by atoms with Gasteiger partial charge in [0.2, 0.25) is 11.8 Å². The zero-order chi connectivity index (χ0) is 22.1. The van der Waals surface area contributed by atoms with Gasteiger partial charge in [0, 0.05) is 30.1 Å². The first kappa shape index (κ1) is 23.0. The molecule has 0 radical (unpaired) electrons. The number of carbonyl (C=O) groups is 2. The summed E-state index contributed by atoms with van der Waals surface area (Å²) in [5.74, 6) is -0.376. The maximum atomic E-state index is 13.3. The standard InChI is InChI=1S/C23H33ClN2O4/c1-15(2)19(25-20(27)18-6-5-13-30-18)21(28)26-12-11-23(29,22(3,4)14-26)16-7-9-17(24)10-8-16/h7-10,15,18-19,29H,5-6,11-14H2,1-4H3,(H,25,27)/t18?,19-,23+/m1/s1. The number of carbonyl (C=O) groups excluding carboxylic acids is 2. The molecule has 2 aliphatic rings. The van der Waals surface area contributed by atoms with E-state index in [0.29, 0.717) is 37.6 Å². The SMILES string of the molecule is CC(C)[C@@H](NC(=O)C1CCCO1)C(=O)N1CC[C@](O)(c2ccc(Cl)cc2)C(C)(C)C1. The van der Waals surface area contributed by atoms with E-state index in [1.807, 2.05) is 39.8 Å². The molecule has 0 aliphatic carbocycles. The highest BCUT2D eigenvalue weighted by atomic mass is 35.5. The largest absolute Gasteiger partial charge is 0.384 e. The molecule has 3 rings (SSSR count). The lowest BCUT2D eigenvalue weighted by molar-refractivity contribution is -0.157. The van der Waals surface area contributed by atoms with Gasteiger partial charge >= 0.3 is 0 Å². The van der Waals surface area contributed by atoms with Crippen molar-refractivity contribution in [1.82, 2.24) is 10.2 Å². The van der Waals surface area contributed by atoms with Crippen LogP contribution in [0.1, 0.15) is 52.5 Å². The summed E-state index contributed by atoms with van der Waals surface area (Å²) in [4.78, 5) is 27.6. The van der Waals surface area contributed by atoms with Gasteiger partial charge in [0.05, 0.1) is 5.60 Å². The highest BCUT2D eigenvalue weighted by Crippen LogP contribution is 2.46. The van der Waals surface area contributed by atoms with E-state index in [2.05, 4.69) is 5.32 Å². The highest BCUT2D eigenvalue weighted by molar-refractivity contribution is 6.30. The number of nitrogens with zero attached hydrogens (tertiary/aromatic N) is 1. The zero-order valence-corrected chi connectivity index (χ0v) is 19.0. The van der Waals surface area contributed by atoms with Gasteiger partial charge in [0.15, 0.2) is 0 Å². The summed E-state index contributed by atoms with van der Waals surface area (Å²) in [7, 11) is 0. The third-order valence-electron chi connectivity index (χ3n) is 6.54. The van der Waals surface area contributed by atoms with Crippen molar-refractivity contribution in [2.45, 2.75) is 64.7 Å². The van der Waals surface area contributed by atoms with Crippen LogP contribution in [0.3, 0.4) is 0 Å². The number of halogens is 1. The lowest BCUT2D eigenvalue weighted by atomic mass is 9.66. The predicted molar refractivity (Wildman–Crippen MR) is 116 cm³/mol. The fourth-order valence-corrected chi connectivity index (χ4v) is 4.64. The molecule has 0 aromatic heterocycles. The van der Waals surface area contributed by atoms with E-state index in [1.54, 1.807) is 17.0 Å². The van der Waals surface area contributed by atoms with Gasteiger partial charge in [0.25, 0.3) is 0 Å². The fraction of sp³-hybridized carbons (Fsp3) is 0.652. The Morgan fingerprint density at radius 3 is 2.47 bits per heavy atom. The van der Waals surface area contributed by atoms with E-state index in [-0.39, 0.29) is 17.7 Å². The maximum absolute atomic E-state index is 13.3. The number of nitrogens with one attached hydrogen (secondary N) is 1. The van der Waals surface area contributed by atoms with E-state index in [9.17, 15) is 14.7 Å². The summed E-state index contributed by atoms with van der Waals surface area (Å²) >= 11 is 6.01. The average molecular weight is 437 g/mol. The van der Waals surface area contributed by atoms with Crippen molar-refractivity contribution in [3.63, 3.8) is 0 Å². The van der Waals surface area contributed by atoms with Crippen LogP contribution in [-0.4, -0.2) is 53.7 Å². The first-order valence-electron chi connectivity index (χ1n) is 10.7. The molecule has 2 aliphatic heterocycles. The molecular formula is C23H33ClN2O4. The van der Waals surface area contributed by atoms with E-state index in [1.165, 1.54) is 0 Å². The van der Waals surface area contributed by atoms with E-state index in [0.717, 1.165) is 12.0 Å². The van der Waals surface area contributed by atoms with Crippen molar-refractivity contribution in [2.24, 2.45) is 11.3 Å². The smallest absolute Gasteiger partial charge is 0.249 e. The molecule has 3 atom stereocenters. The molecule has 1 unspecified atom stereocenters. The predicted octanol–water partition coefficient (Wildman–Crippen LogP) is 3.11. The van der Waals surface area contributed by atoms with Gasteiger partial charge in [-0.2, -0.15) is 0 Å². The van der Waals surface area contributed by atoms with Gasteiger partial charge in [-0.1, -0.05) is 51.4 Å². The van der Waals surface area contributed by atoms with Crippen molar-refractivity contribution in [1.29, 1.82) is 0 Å². The summed E-state index contributed by atoms with van der Waals surface area (Å²) < 4.78 is 5.46. The summed E-state index contributed by atoms with van der Waals surface area (Å²) in [5.41, 5.74) is -0.839. The first-order valence-corrected chi connectivity index (χ1v) is 11.1. The topological polar surface area (TPSA) is 78.9 Å². The number of likely N-dealkylation sites (tertiary alicyclic amines) is 1. The van der Waals surface area contributed by atoms with Crippen LogP contribution in [0.2, 0.25) is 5.02 Å². The molecule has 6 nitrogen and oxygen atoms in total. The molecule has 2 fully saturated rings. The number of rotatable bonds is 5. The number of aliphatic hydroxyl groups is 1. The summed E-state index contributed by atoms with van der Waals surface area (Å²) in [6.45, 7) is 9.19. The minimum absolute atomic E-state index is 0.0527. The number of benzene rings is 1. The maximum Gasteiger partial charge on any atom is 0.249 e. The molecule has 1 aromatic rings. The minimum atomic E-state index is -1.07. The van der Waals surface area contributed by atoms with Crippen LogP contribution in [0, 0.1) is 11.3 Å². The van der Waals surface area contributed by atoms with Crippen LogP contribution >= 0.6 is 11.6 Å². The highest BCUT2D eigenvalue weighted by Gasteiger charge is 2.50. The van der Waals surface area contributed by atoms with Crippen LogP contribution in [0.5, 0.6) is 0 Å². The third-order valence-corrected chi connectivity index (χ3v) is 6.79. The van der Waals surface area contributed by atoms with Crippen molar-refractivity contribution < 1.29 is 19.4 Å². The molecule has 0 saturated carbocycles. The molecular weight excluding hydrogens is 404 g/mol. The third kappa shape index (κ3) is 4.51. The van der Waals surface area contributed by atoms with E-state index < -0.39 is 23.2 Å². The summed E-state index contributed by atoms with van der Waals surface area (Å²) in [6.07, 6.45) is 1.50. The van der Waals surface area contributed by atoms with Crippen molar-refractivity contribution in [3.05, 3.63) is 34.9 Å². The second-order valence-electron chi connectivity index (χ2n) is 9.49. The summed E-state index contributed by atoms with van der Waals surface area (Å²) in [5, 5.41) is 15.1. The monoisotopic (exact) mass is 436 g/mol. The van der Waals surface area contributed by atoms with Crippen molar-refractivity contribution in [2.75, 3.05) is 19.7 Å². The second-order valence-corrected chi connectivity index (χ2v) is 9.93. The number of amides is 2. The molecule has 30 heavy (non-hydrogen) atoms. The number of piperidine rings is 1. The Kier molecular flexibility index (Phi) is 6.80. The van der Waals surface area contributed by atoms with Gasteiger partial charge in [-0.05, 0) is 42.9 Å². The number of ether oxygens (including phenoxy) is 1. The molecule has 2 amide bonds. The van der Waals surface area contributed by atoms with Crippen LogP contribution in [0.15, 0.2) is 24.3 Å². The Labute approximate surface area is 183 Å². The second kappa shape index (κ2) is 8.85. The van der Waals surface area contributed by atoms with Gasteiger partial charge in [-0.25, -0.2) is 0 Å². The van der Waals surface area contributed by atoms with Gasteiger partial charge in [-0.3, -0.25) is 9.59 Å². The Morgan fingerprint density at radius 1 is 1.27 bits per heavy atom. The fourth-order valence-electron chi connectivity index (χ4n) is 4.51. The Hall–Kier alpha value is -1.63. The number of hydrogen-bond acceptors (Lipinski definition) is 4. The van der Waals surface area contributed by atoms with Gasteiger partial charge in [0.1, 0.15) is 12.1 Å². The average Bonchev–Trinajstić information content (AvgIpc) is 3.22. The van der Waals surface area contributed by atoms with Gasteiger partial charge < -0.3 is 20.1 Å². The lowest BCUT2D eigenvalue weighted by Gasteiger charge is -2.51. The van der Waals surface area contributed by atoms with Crippen LogP contribution in [0.4, 0.5) is 0 Å². The van der Waals surface area contributed by atoms with E-state index >= 15 is 0 Å². The quantitative estimate of drug-likeness (QED) is 0.743.